The maximum atomic E-state index is 11.0. The predicted octanol–water partition coefficient (Wildman–Crippen LogP) is 2.94. The average molecular weight is 288 g/mol. The maximum Gasteiger partial charge on any atom is 0.276 e. The van der Waals surface area contributed by atoms with Gasteiger partial charge in [0.05, 0.1) is 16.6 Å². The summed E-state index contributed by atoms with van der Waals surface area (Å²) in [4.78, 5) is 18.6. The number of nitro groups is 1. The van der Waals surface area contributed by atoms with Crippen molar-refractivity contribution in [1.29, 1.82) is 0 Å². The molecule has 0 bridgehead atoms. The zero-order valence-corrected chi connectivity index (χ0v) is 12.1. The van der Waals surface area contributed by atoms with Crippen molar-refractivity contribution in [3.63, 3.8) is 0 Å². The van der Waals surface area contributed by atoms with Gasteiger partial charge in [-0.25, -0.2) is 9.97 Å². The van der Waals surface area contributed by atoms with Gasteiger partial charge in [-0.05, 0) is 31.9 Å². The summed E-state index contributed by atoms with van der Waals surface area (Å²) in [6.45, 7) is 5.42. The predicted molar refractivity (Wildman–Crippen MR) is 78.5 cm³/mol. The van der Waals surface area contributed by atoms with Crippen LogP contribution in [0.2, 0.25) is 0 Å². The molecule has 0 aliphatic rings. The molecule has 2 aromatic rings. The van der Waals surface area contributed by atoms with Gasteiger partial charge >= 0.3 is 0 Å². The Balaban J connectivity index is 2.47. The van der Waals surface area contributed by atoms with Crippen LogP contribution in [0.4, 0.5) is 11.5 Å². The van der Waals surface area contributed by atoms with E-state index in [-0.39, 0.29) is 5.69 Å². The Labute approximate surface area is 121 Å². The average Bonchev–Trinajstić information content (AvgIpc) is 2.41. The Hall–Kier alpha value is -2.70. The normalized spacial score (nSPS) is 10.4. The Bertz CT molecular complexity index is 701. The largest absolute Gasteiger partial charge is 0.438 e. The van der Waals surface area contributed by atoms with Crippen LogP contribution >= 0.6 is 0 Å². The molecule has 1 heterocycles. The van der Waals surface area contributed by atoms with E-state index < -0.39 is 4.92 Å². The van der Waals surface area contributed by atoms with Crippen molar-refractivity contribution >= 4 is 11.5 Å². The first-order valence-electron chi connectivity index (χ1n) is 6.46. The van der Waals surface area contributed by atoms with E-state index in [4.69, 9.17) is 10.5 Å². The molecule has 21 heavy (non-hydrogen) atoms. The highest BCUT2D eigenvalue weighted by atomic mass is 16.6. The van der Waals surface area contributed by atoms with E-state index in [1.165, 1.54) is 12.4 Å². The van der Waals surface area contributed by atoms with Gasteiger partial charge in [-0.1, -0.05) is 6.92 Å². The molecular formula is C14H16N4O3. The van der Waals surface area contributed by atoms with Gasteiger partial charge < -0.3 is 10.5 Å². The van der Waals surface area contributed by atoms with Crippen molar-refractivity contribution in [1.82, 2.24) is 9.97 Å². The lowest BCUT2D eigenvalue weighted by atomic mass is 10.1. The van der Waals surface area contributed by atoms with Gasteiger partial charge in [-0.15, -0.1) is 0 Å². The Morgan fingerprint density at radius 3 is 2.62 bits per heavy atom. The smallest absolute Gasteiger partial charge is 0.276 e. The van der Waals surface area contributed by atoms with Crippen LogP contribution in [-0.2, 0) is 6.42 Å². The van der Waals surface area contributed by atoms with Crippen LogP contribution in [0.25, 0.3) is 0 Å². The lowest BCUT2D eigenvalue weighted by Crippen LogP contribution is -2.03. The fraction of sp³-hybridized carbons (Fsp3) is 0.286. The number of aryl methyl sites for hydroxylation is 2. The summed E-state index contributed by atoms with van der Waals surface area (Å²) in [7, 11) is 0. The Kier molecular flexibility index (Phi) is 4.02. The minimum absolute atomic E-state index is 0.00989. The van der Waals surface area contributed by atoms with E-state index >= 15 is 0 Å². The SMILES string of the molecule is CCc1c(N)ncnc1Oc1cc([N+](=O)[O-])c(C)cc1C. The number of aromatic nitrogens is 2. The first-order valence-corrected chi connectivity index (χ1v) is 6.46. The third-order valence-corrected chi connectivity index (χ3v) is 3.19. The first kappa shape index (κ1) is 14.7. The highest BCUT2D eigenvalue weighted by Gasteiger charge is 2.17. The summed E-state index contributed by atoms with van der Waals surface area (Å²) < 4.78 is 5.72. The van der Waals surface area contributed by atoms with E-state index in [1.54, 1.807) is 13.0 Å². The molecule has 110 valence electrons. The highest BCUT2D eigenvalue weighted by molar-refractivity contribution is 5.52. The van der Waals surface area contributed by atoms with Gasteiger partial charge in [0.25, 0.3) is 5.69 Å². The molecule has 0 unspecified atom stereocenters. The van der Waals surface area contributed by atoms with Crippen LogP contribution in [0.1, 0.15) is 23.6 Å². The molecule has 2 N–H and O–H groups in total. The number of benzene rings is 1. The molecule has 0 saturated carbocycles. The molecule has 0 fully saturated rings. The van der Waals surface area contributed by atoms with Gasteiger partial charge in [-0.3, -0.25) is 10.1 Å². The monoisotopic (exact) mass is 288 g/mol. The third-order valence-electron chi connectivity index (χ3n) is 3.19. The second-order valence-corrected chi connectivity index (χ2v) is 4.66. The topological polar surface area (TPSA) is 104 Å². The van der Waals surface area contributed by atoms with Gasteiger partial charge in [0, 0.05) is 5.56 Å². The second-order valence-electron chi connectivity index (χ2n) is 4.66. The first-order chi connectivity index (χ1) is 9.93. The fourth-order valence-corrected chi connectivity index (χ4v) is 2.06. The van der Waals surface area contributed by atoms with E-state index in [9.17, 15) is 10.1 Å². The second kappa shape index (κ2) is 5.74. The van der Waals surface area contributed by atoms with Crippen molar-refractivity contribution in [2.45, 2.75) is 27.2 Å². The standard InChI is InChI=1S/C14H16N4O3/c1-4-10-13(15)16-7-17-14(10)21-12-6-11(18(19)20)8(2)5-9(12)3/h5-7H,4H2,1-3H3,(H2,15,16,17). The van der Waals surface area contributed by atoms with Crippen LogP contribution in [-0.4, -0.2) is 14.9 Å². The zero-order valence-electron chi connectivity index (χ0n) is 12.1. The highest BCUT2D eigenvalue weighted by Crippen LogP contribution is 2.32. The number of nitro benzene ring substituents is 1. The minimum atomic E-state index is -0.434. The van der Waals surface area contributed by atoms with E-state index in [2.05, 4.69) is 9.97 Å². The van der Waals surface area contributed by atoms with Crippen LogP contribution in [0, 0.1) is 24.0 Å². The van der Waals surface area contributed by atoms with Crippen LogP contribution < -0.4 is 10.5 Å². The summed E-state index contributed by atoms with van der Waals surface area (Å²) in [6, 6.07) is 3.12. The molecule has 0 saturated heterocycles. The van der Waals surface area contributed by atoms with Crippen molar-refractivity contribution in [3.8, 4) is 11.6 Å². The molecule has 1 aromatic heterocycles. The number of hydrogen-bond acceptors (Lipinski definition) is 6. The Morgan fingerprint density at radius 1 is 1.29 bits per heavy atom. The molecule has 7 heteroatoms. The summed E-state index contributed by atoms with van der Waals surface area (Å²) >= 11 is 0. The maximum absolute atomic E-state index is 11.0. The van der Waals surface area contributed by atoms with Crippen LogP contribution in [0.3, 0.4) is 0 Å². The lowest BCUT2D eigenvalue weighted by molar-refractivity contribution is -0.385. The number of ether oxygens (including phenoxy) is 1. The molecular weight excluding hydrogens is 272 g/mol. The third kappa shape index (κ3) is 2.91. The summed E-state index contributed by atoms with van der Waals surface area (Å²) in [5.41, 5.74) is 7.85. The molecule has 0 spiro atoms. The molecule has 0 radical (unpaired) electrons. The molecule has 2 rings (SSSR count). The van der Waals surface area contributed by atoms with E-state index in [0.29, 0.717) is 35.0 Å². The van der Waals surface area contributed by atoms with Gasteiger partial charge in [0.2, 0.25) is 5.88 Å². The fourth-order valence-electron chi connectivity index (χ4n) is 2.06. The van der Waals surface area contributed by atoms with Crippen molar-refractivity contribution in [2.75, 3.05) is 5.73 Å². The van der Waals surface area contributed by atoms with Gasteiger partial charge in [0.1, 0.15) is 17.9 Å². The molecule has 0 amide bonds. The van der Waals surface area contributed by atoms with Crippen LogP contribution in [0.15, 0.2) is 18.5 Å². The van der Waals surface area contributed by atoms with E-state index in [0.717, 1.165) is 5.56 Å². The number of hydrogen-bond donors (Lipinski definition) is 1. The molecule has 0 atom stereocenters. The number of nitrogen functional groups attached to an aromatic ring is 1. The van der Waals surface area contributed by atoms with Gasteiger partial charge in [0.15, 0.2) is 0 Å². The zero-order chi connectivity index (χ0) is 15.6. The minimum Gasteiger partial charge on any atom is -0.438 e. The Morgan fingerprint density at radius 2 is 2.00 bits per heavy atom. The molecule has 1 aromatic carbocycles. The van der Waals surface area contributed by atoms with Crippen molar-refractivity contribution < 1.29 is 9.66 Å². The molecule has 0 aliphatic heterocycles. The summed E-state index contributed by atoms with van der Waals surface area (Å²) in [5, 5.41) is 11.0. The van der Waals surface area contributed by atoms with E-state index in [1.807, 2.05) is 13.8 Å². The molecule has 7 nitrogen and oxygen atoms in total. The lowest BCUT2D eigenvalue weighted by Gasteiger charge is -2.12. The number of nitrogens with two attached hydrogens (primary N) is 1. The van der Waals surface area contributed by atoms with Crippen molar-refractivity contribution in [2.24, 2.45) is 0 Å². The summed E-state index contributed by atoms with van der Waals surface area (Å²) in [5.74, 6) is 1.06. The number of nitrogens with zero attached hydrogens (tertiary/aromatic N) is 3. The number of rotatable bonds is 4. The van der Waals surface area contributed by atoms with Gasteiger partial charge in [-0.2, -0.15) is 0 Å². The molecule has 0 aliphatic carbocycles. The van der Waals surface area contributed by atoms with Crippen molar-refractivity contribution in [3.05, 3.63) is 45.3 Å². The number of anilines is 1. The van der Waals surface area contributed by atoms with Crippen LogP contribution in [0.5, 0.6) is 11.6 Å². The summed E-state index contributed by atoms with van der Waals surface area (Å²) in [6.07, 6.45) is 1.91. The quantitative estimate of drug-likeness (QED) is 0.685.